The number of thioether (sulfide) groups is 1. The van der Waals surface area contributed by atoms with Gasteiger partial charge < -0.3 is 5.32 Å². The maximum Gasteiger partial charge on any atom is 0.235 e. The Morgan fingerprint density at radius 1 is 1.08 bits per heavy atom. The van der Waals surface area contributed by atoms with Gasteiger partial charge in [-0.2, -0.15) is 5.10 Å². The summed E-state index contributed by atoms with van der Waals surface area (Å²) in [4.78, 5) is 13.0. The number of carbonyl (C=O) groups is 1. The quantitative estimate of drug-likeness (QED) is 0.694. The molecule has 0 radical (unpaired) electrons. The molecule has 0 saturated heterocycles. The molecule has 0 bridgehead atoms. The first-order chi connectivity index (χ1) is 11.7. The van der Waals surface area contributed by atoms with Crippen LogP contribution in [0.5, 0.6) is 0 Å². The van der Waals surface area contributed by atoms with Crippen molar-refractivity contribution < 1.29 is 9.18 Å². The van der Waals surface area contributed by atoms with Crippen molar-refractivity contribution in [1.29, 1.82) is 0 Å². The van der Waals surface area contributed by atoms with E-state index in [1.54, 1.807) is 29.1 Å². The third kappa shape index (κ3) is 4.45. The Labute approximate surface area is 143 Å². The summed E-state index contributed by atoms with van der Waals surface area (Å²) in [6, 6.07) is 17.8. The van der Waals surface area contributed by atoms with Gasteiger partial charge in [-0.15, -0.1) is 11.8 Å². The van der Waals surface area contributed by atoms with Crippen molar-refractivity contribution in [3.8, 4) is 0 Å². The lowest BCUT2D eigenvalue weighted by Crippen LogP contribution is -2.17. The molecular formula is C18H16FN3OS. The van der Waals surface area contributed by atoms with Crippen LogP contribution >= 0.6 is 11.8 Å². The molecule has 1 amide bonds. The number of carbonyl (C=O) groups excluding carboxylic acids is 1. The molecule has 4 nitrogen and oxygen atoms in total. The van der Waals surface area contributed by atoms with Crippen LogP contribution < -0.4 is 5.32 Å². The van der Waals surface area contributed by atoms with Gasteiger partial charge in [-0.25, -0.2) is 9.07 Å². The molecule has 0 unspecified atom stereocenters. The number of anilines is 1. The van der Waals surface area contributed by atoms with Gasteiger partial charge in [-0.1, -0.05) is 30.3 Å². The van der Waals surface area contributed by atoms with Crippen molar-refractivity contribution in [1.82, 2.24) is 9.78 Å². The van der Waals surface area contributed by atoms with Gasteiger partial charge >= 0.3 is 0 Å². The number of rotatable bonds is 6. The molecule has 0 saturated carbocycles. The van der Waals surface area contributed by atoms with Crippen molar-refractivity contribution in [2.45, 2.75) is 11.4 Å². The highest BCUT2D eigenvalue weighted by molar-refractivity contribution is 8.00. The molecule has 122 valence electrons. The Bertz CT molecular complexity index is 803. The van der Waals surface area contributed by atoms with Crippen LogP contribution in [0.2, 0.25) is 0 Å². The monoisotopic (exact) mass is 341 g/mol. The summed E-state index contributed by atoms with van der Waals surface area (Å²) in [7, 11) is 0. The summed E-state index contributed by atoms with van der Waals surface area (Å²) in [5, 5.41) is 7.11. The Hall–Kier alpha value is -2.60. The minimum atomic E-state index is -0.284. The number of nitrogens with one attached hydrogen (secondary N) is 1. The molecule has 2 aromatic carbocycles. The van der Waals surface area contributed by atoms with Gasteiger partial charge in [-0.05, 0) is 29.8 Å². The summed E-state index contributed by atoms with van der Waals surface area (Å²) < 4.78 is 14.6. The van der Waals surface area contributed by atoms with E-state index in [1.165, 1.54) is 23.9 Å². The van der Waals surface area contributed by atoms with E-state index in [1.807, 2.05) is 30.3 Å². The third-order valence-electron chi connectivity index (χ3n) is 3.34. The molecule has 0 aliphatic carbocycles. The van der Waals surface area contributed by atoms with Gasteiger partial charge in [0.1, 0.15) is 11.6 Å². The Morgan fingerprint density at radius 2 is 1.83 bits per heavy atom. The lowest BCUT2D eigenvalue weighted by Gasteiger charge is -2.09. The molecule has 6 heteroatoms. The summed E-state index contributed by atoms with van der Waals surface area (Å²) in [5.74, 6) is 0.499. The van der Waals surface area contributed by atoms with E-state index >= 15 is 0 Å². The van der Waals surface area contributed by atoms with E-state index in [2.05, 4.69) is 10.4 Å². The first kappa shape index (κ1) is 16.3. The average molecular weight is 341 g/mol. The number of nitrogens with zero attached hydrogens (tertiary/aromatic N) is 2. The standard InChI is InChI=1S/C18H16FN3OS/c19-15-6-8-16(9-7-15)24-13-18(23)21-17-10-11-20-22(17)12-14-4-2-1-3-5-14/h1-11H,12-13H2,(H,21,23). The van der Waals surface area contributed by atoms with Crippen molar-refractivity contribution in [2.75, 3.05) is 11.1 Å². The minimum Gasteiger partial charge on any atom is -0.310 e. The summed E-state index contributed by atoms with van der Waals surface area (Å²) >= 11 is 1.36. The number of halogens is 1. The average Bonchev–Trinajstić information content (AvgIpc) is 3.02. The largest absolute Gasteiger partial charge is 0.310 e. The molecule has 0 aliphatic heterocycles. The van der Waals surface area contributed by atoms with Gasteiger partial charge in [0.05, 0.1) is 18.5 Å². The van der Waals surface area contributed by atoms with E-state index in [9.17, 15) is 9.18 Å². The van der Waals surface area contributed by atoms with Crippen LogP contribution in [0, 0.1) is 5.82 Å². The van der Waals surface area contributed by atoms with Crippen LogP contribution in [0.4, 0.5) is 10.2 Å². The number of hydrogen-bond acceptors (Lipinski definition) is 3. The lowest BCUT2D eigenvalue weighted by atomic mass is 10.2. The number of hydrogen-bond donors (Lipinski definition) is 1. The van der Waals surface area contributed by atoms with Gasteiger partial charge in [0.2, 0.25) is 5.91 Å². The summed E-state index contributed by atoms with van der Waals surface area (Å²) in [5.41, 5.74) is 1.11. The maximum atomic E-state index is 12.9. The number of amides is 1. The zero-order valence-electron chi connectivity index (χ0n) is 12.9. The molecule has 1 heterocycles. The van der Waals surface area contributed by atoms with Gasteiger partial charge in [0.25, 0.3) is 0 Å². The summed E-state index contributed by atoms with van der Waals surface area (Å²) in [6.45, 7) is 0.592. The fraction of sp³-hybridized carbons (Fsp3) is 0.111. The first-order valence-electron chi connectivity index (χ1n) is 7.45. The van der Waals surface area contributed by atoms with Crippen LogP contribution in [0.1, 0.15) is 5.56 Å². The highest BCUT2D eigenvalue weighted by Crippen LogP contribution is 2.18. The number of benzene rings is 2. The van der Waals surface area contributed by atoms with Crippen LogP contribution in [0.3, 0.4) is 0 Å². The zero-order valence-corrected chi connectivity index (χ0v) is 13.7. The van der Waals surface area contributed by atoms with Crippen molar-refractivity contribution in [3.05, 3.63) is 78.2 Å². The van der Waals surface area contributed by atoms with Gasteiger partial charge in [-0.3, -0.25) is 4.79 Å². The van der Waals surface area contributed by atoms with Crippen LogP contribution in [0.15, 0.2) is 71.8 Å². The van der Waals surface area contributed by atoms with E-state index in [0.717, 1.165) is 10.5 Å². The first-order valence-corrected chi connectivity index (χ1v) is 8.43. The fourth-order valence-corrected chi connectivity index (χ4v) is 2.88. The van der Waals surface area contributed by atoms with Crippen molar-refractivity contribution in [3.63, 3.8) is 0 Å². The molecule has 24 heavy (non-hydrogen) atoms. The topological polar surface area (TPSA) is 46.9 Å². The molecule has 0 aliphatic rings. The van der Waals surface area contributed by atoms with Crippen LogP contribution in [-0.2, 0) is 11.3 Å². The third-order valence-corrected chi connectivity index (χ3v) is 4.35. The lowest BCUT2D eigenvalue weighted by molar-refractivity contribution is -0.113. The zero-order chi connectivity index (χ0) is 16.8. The van der Waals surface area contributed by atoms with E-state index < -0.39 is 0 Å². The summed E-state index contributed by atoms with van der Waals surface area (Å²) in [6.07, 6.45) is 1.66. The van der Waals surface area contributed by atoms with Crippen LogP contribution in [-0.4, -0.2) is 21.4 Å². The highest BCUT2D eigenvalue weighted by atomic mass is 32.2. The smallest absolute Gasteiger partial charge is 0.235 e. The van der Waals surface area contributed by atoms with Crippen molar-refractivity contribution in [2.24, 2.45) is 0 Å². The van der Waals surface area contributed by atoms with Crippen molar-refractivity contribution >= 4 is 23.5 Å². The molecule has 0 atom stereocenters. The fourth-order valence-electron chi connectivity index (χ4n) is 2.18. The predicted molar refractivity (Wildman–Crippen MR) is 93.5 cm³/mol. The molecule has 3 aromatic rings. The Balaban J connectivity index is 1.57. The molecule has 1 N–H and O–H groups in total. The van der Waals surface area contributed by atoms with E-state index in [-0.39, 0.29) is 17.5 Å². The maximum absolute atomic E-state index is 12.9. The van der Waals surface area contributed by atoms with Gasteiger partial charge in [0, 0.05) is 11.0 Å². The second kappa shape index (κ2) is 7.79. The SMILES string of the molecule is O=C(CSc1ccc(F)cc1)Nc1ccnn1Cc1ccccc1. The van der Waals surface area contributed by atoms with E-state index in [4.69, 9.17) is 0 Å². The normalized spacial score (nSPS) is 10.5. The molecule has 0 fully saturated rings. The second-order valence-electron chi connectivity index (χ2n) is 5.15. The molecule has 1 aromatic heterocycles. The molecule has 0 spiro atoms. The molecule has 3 rings (SSSR count). The predicted octanol–water partition coefficient (Wildman–Crippen LogP) is 3.80. The Morgan fingerprint density at radius 3 is 2.58 bits per heavy atom. The highest BCUT2D eigenvalue weighted by Gasteiger charge is 2.08. The van der Waals surface area contributed by atoms with Gasteiger partial charge in [0.15, 0.2) is 0 Å². The Kier molecular flexibility index (Phi) is 5.28. The van der Waals surface area contributed by atoms with Crippen LogP contribution in [0.25, 0.3) is 0 Å². The minimum absolute atomic E-state index is 0.126. The second-order valence-corrected chi connectivity index (χ2v) is 6.20. The molecular weight excluding hydrogens is 325 g/mol. The number of aromatic nitrogens is 2. The van der Waals surface area contributed by atoms with E-state index in [0.29, 0.717) is 12.4 Å².